The van der Waals surface area contributed by atoms with Gasteiger partial charge in [-0.15, -0.1) is 0 Å². The smallest absolute Gasteiger partial charge is 0.344 e. The molecule has 0 aliphatic rings. The average molecular weight is 385 g/mol. The van der Waals surface area contributed by atoms with E-state index in [0.29, 0.717) is 12.3 Å². The molecule has 1 N–H and O–H groups in total. The second-order valence-corrected chi connectivity index (χ2v) is 6.68. The molecule has 0 spiro atoms. The molecule has 0 aromatic heterocycles. The van der Waals surface area contributed by atoms with Gasteiger partial charge in [0, 0.05) is 6.54 Å². The fraction of sp³-hybridized carbons (Fsp3) is 0.364. The molecule has 0 saturated heterocycles. The molecule has 28 heavy (non-hydrogen) atoms. The Morgan fingerprint density at radius 2 is 1.68 bits per heavy atom. The monoisotopic (exact) mass is 385 g/mol. The maximum Gasteiger partial charge on any atom is 0.344 e. The second-order valence-electron chi connectivity index (χ2n) is 6.68. The third kappa shape index (κ3) is 6.30. The first kappa shape index (κ1) is 21.3. The van der Waals surface area contributed by atoms with Crippen molar-refractivity contribution < 1.29 is 23.8 Å². The third-order valence-corrected chi connectivity index (χ3v) is 4.19. The van der Waals surface area contributed by atoms with E-state index in [9.17, 15) is 9.59 Å². The van der Waals surface area contributed by atoms with Gasteiger partial charge in [0.2, 0.25) is 0 Å². The zero-order chi connectivity index (χ0) is 20.5. The number of amides is 1. The molecule has 0 bridgehead atoms. The first-order chi connectivity index (χ1) is 13.4. The van der Waals surface area contributed by atoms with E-state index in [1.54, 1.807) is 7.11 Å². The number of benzene rings is 2. The van der Waals surface area contributed by atoms with E-state index in [1.165, 1.54) is 6.92 Å². The highest BCUT2D eigenvalue weighted by atomic mass is 16.6. The number of hydrogen-bond acceptors (Lipinski definition) is 5. The molecule has 6 nitrogen and oxygen atoms in total. The van der Waals surface area contributed by atoms with Gasteiger partial charge >= 0.3 is 5.97 Å². The lowest BCUT2D eigenvalue weighted by atomic mass is 10.0. The highest BCUT2D eigenvalue weighted by Gasteiger charge is 2.18. The first-order valence-electron chi connectivity index (χ1n) is 9.22. The van der Waals surface area contributed by atoms with Crippen LogP contribution >= 0.6 is 0 Å². The SMILES string of the molecule is COc1ccc(CNC(=O)[C@H](C)OC(=O)COc2ccccc2C(C)C)cc1. The minimum Gasteiger partial charge on any atom is -0.497 e. The first-order valence-corrected chi connectivity index (χ1v) is 9.22. The summed E-state index contributed by atoms with van der Waals surface area (Å²) < 4.78 is 15.8. The van der Waals surface area contributed by atoms with Gasteiger partial charge in [-0.25, -0.2) is 4.79 Å². The van der Waals surface area contributed by atoms with E-state index in [4.69, 9.17) is 14.2 Å². The van der Waals surface area contributed by atoms with Gasteiger partial charge in [-0.1, -0.05) is 44.2 Å². The van der Waals surface area contributed by atoms with Crippen LogP contribution in [0.15, 0.2) is 48.5 Å². The van der Waals surface area contributed by atoms with E-state index in [0.717, 1.165) is 16.9 Å². The van der Waals surface area contributed by atoms with Crippen LogP contribution in [0, 0.1) is 0 Å². The van der Waals surface area contributed by atoms with Gasteiger partial charge < -0.3 is 19.5 Å². The number of nitrogens with one attached hydrogen (secondary N) is 1. The number of hydrogen-bond donors (Lipinski definition) is 1. The fourth-order valence-corrected chi connectivity index (χ4v) is 2.59. The zero-order valence-corrected chi connectivity index (χ0v) is 16.7. The van der Waals surface area contributed by atoms with E-state index >= 15 is 0 Å². The summed E-state index contributed by atoms with van der Waals surface area (Å²) in [4.78, 5) is 24.2. The summed E-state index contributed by atoms with van der Waals surface area (Å²) in [6.07, 6.45) is -0.908. The standard InChI is InChI=1S/C22H27NO5/c1-15(2)19-7-5-6-8-20(19)27-14-21(24)28-16(3)22(25)23-13-17-9-11-18(26-4)12-10-17/h5-12,15-16H,13-14H2,1-4H3,(H,23,25)/t16-/m0/s1. The predicted octanol–water partition coefficient (Wildman–Crippen LogP) is 3.45. The second kappa shape index (κ2) is 10.3. The maximum atomic E-state index is 12.1. The number of para-hydroxylation sites is 1. The topological polar surface area (TPSA) is 73.9 Å². The van der Waals surface area contributed by atoms with Gasteiger partial charge in [0.05, 0.1) is 7.11 Å². The summed E-state index contributed by atoms with van der Waals surface area (Å²) in [6.45, 7) is 5.72. The molecule has 1 atom stereocenters. The lowest BCUT2D eigenvalue weighted by Gasteiger charge is -2.16. The number of methoxy groups -OCH3 is 1. The van der Waals surface area contributed by atoms with Crippen molar-refractivity contribution in [2.75, 3.05) is 13.7 Å². The number of ether oxygens (including phenoxy) is 3. The molecule has 0 heterocycles. The Balaban J connectivity index is 1.78. The molecule has 0 fully saturated rings. The van der Waals surface area contributed by atoms with Crippen molar-refractivity contribution in [2.45, 2.75) is 39.3 Å². The van der Waals surface area contributed by atoms with Crippen molar-refractivity contribution in [3.8, 4) is 11.5 Å². The Kier molecular flexibility index (Phi) is 7.87. The third-order valence-electron chi connectivity index (χ3n) is 4.19. The van der Waals surface area contributed by atoms with E-state index < -0.39 is 12.1 Å². The van der Waals surface area contributed by atoms with Gasteiger partial charge in [-0.2, -0.15) is 0 Å². The summed E-state index contributed by atoms with van der Waals surface area (Å²) in [7, 11) is 1.60. The van der Waals surface area contributed by atoms with Crippen LogP contribution in [-0.2, 0) is 20.9 Å². The molecular formula is C22H27NO5. The van der Waals surface area contributed by atoms with Crippen molar-refractivity contribution in [3.05, 3.63) is 59.7 Å². The van der Waals surface area contributed by atoms with Crippen LogP contribution in [0.1, 0.15) is 37.8 Å². The van der Waals surface area contributed by atoms with Crippen LogP contribution in [0.2, 0.25) is 0 Å². The Labute approximate surface area is 165 Å². The molecule has 2 aromatic rings. The zero-order valence-electron chi connectivity index (χ0n) is 16.7. The summed E-state index contributed by atoms with van der Waals surface area (Å²) >= 11 is 0. The molecule has 0 aliphatic carbocycles. The van der Waals surface area contributed by atoms with Gasteiger partial charge in [0.25, 0.3) is 5.91 Å². The fourth-order valence-electron chi connectivity index (χ4n) is 2.59. The molecule has 2 aromatic carbocycles. The van der Waals surface area contributed by atoms with Crippen molar-refractivity contribution in [2.24, 2.45) is 0 Å². The van der Waals surface area contributed by atoms with Gasteiger partial charge in [0.15, 0.2) is 12.7 Å². The van der Waals surface area contributed by atoms with Crippen molar-refractivity contribution in [1.82, 2.24) is 5.32 Å². The Morgan fingerprint density at radius 3 is 2.32 bits per heavy atom. The quantitative estimate of drug-likeness (QED) is 0.670. The van der Waals surface area contributed by atoms with Crippen LogP contribution in [0.4, 0.5) is 0 Å². The van der Waals surface area contributed by atoms with Crippen molar-refractivity contribution in [3.63, 3.8) is 0 Å². The Hall–Kier alpha value is -3.02. The molecule has 150 valence electrons. The number of rotatable bonds is 9. The minimum absolute atomic E-state index is 0.250. The highest BCUT2D eigenvalue weighted by Crippen LogP contribution is 2.25. The molecule has 0 radical (unpaired) electrons. The van der Waals surface area contributed by atoms with Crippen LogP contribution in [-0.4, -0.2) is 31.7 Å². The van der Waals surface area contributed by atoms with E-state index in [1.807, 2.05) is 48.5 Å². The number of esters is 1. The molecule has 0 saturated carbocycles. The largest absolute Gasteiger partial charge is 0.497 e. The molecule has 2 rings (SSSR count). The molecule has 1 amide bonds. The summed E-state index contributed by atoms with van der Waals surface area (Å²) in [5, 5.41) is 2.74. The average Bonchev–Trinajstić information content (AvgIpc) is 2.70. The van der Waals surface area contributed by atoms with Gasteiger partial charge in [0.1, 0.15) is 11.5 Å². The highest BCUT2D eigenvalue weighted by molar-refractivity contribution is 5.83. The van der Waals surface area contributed by atoms with Crippen LogP contribution in [0.25, 0.3) is 0 Å². The molecule has 6 heteroatoms. The van der Waals surface area contributed by atoms with E-state index in [-0.39, 0.29) is 18.4 Å². The minimum atomic E-state index is -0.908. The number of carbonyl (C=O) groups is 2. The number of carbonyl (C=O) groups excluding carboxylic acids is 2. The maximum absolute atomic E-state index is 12.1. The Morgan fingerprint density at radius 1 is 1.00 bits per heavy atom. The van der Waals surface area contributed by atoms with Crippen LogP contribution in [0.3, 0.4) is 0 Å². The summed E-state index contributed by atoms with van der Waals surface area (Å²) in [5.41, 5.74) is 1.93. The van der Waals surface area contributed by atoms with Gasteiger partial charge in [-0.3, -0.25) is 4.79 Å². The van der Waals surface area contributed by atoms with Crippen molar-refractivity contribution in [1.29, 1.82) is 0 Å². The van der Waals surface area contributed by atoms with Crippen LogP contribution in [0.5, 0.6) is 11.5 Å². The van der Waals surface area contributed by atoms with Gasteiger partial charge in [-0.05, 0) is 42.2 Å². The molecule has 0 unspecified atom stereocenters. The lowest BCUT2D eigenvalue weighted by Crippen LogP contribution is -2.36. The van der Waals surface area contributed by atoms with Crippen molar-refractivity contribution >= 4 is 11.9 Å². The molecule has 0 aliphatic heterocycles. The lowest BCUT2D eigenvalue weighted by molar-refractivity contribution is -0.156. The van der Waals surface area contributed by atoms with E-state index in [2.05, 4.69) is 19.2 Å². The van der Waals surface area contributed by atoms with Crippen LogP contribution < -0.4 is 14.8 Å². The Bertz CT molecular complexity index is 786. The normalized spacial score (nSPS) is 11.6. The summed E-state index contributed by atoms with van der Waals surface area (Å²) in [5.74, 6) is 0.703. The predicted molar refractivity (Wildman–Crippen MR) is 106 cm³/mol. The summed E-state index contributed by atoms with van der Waals surface area (Å²) in [6, 6.07) is 14.9. The molecular weight excluding hydrogens is 358 g/mol.